The summed E-state index contributed by atoms with van der Waals surface area (Å²) >= 11 is 0. The van der Waals surface area contributed by atoms with Crippen LogP contribution in [0.1, 0.15) is 15.9 Å². The molecule has 27 heavy (non-hydrogen) atoms. The lowest BCUT2D eigenvalue weighted by Crippen LogP contribution is -2.12. The van der Waals surface area contributed by atoms with Gasteiger partial charge in [-0.05, 0) is 46.3 Å². The van der Waals surface area contributed by atoms with Crippen LogP contribution in [0.5, 0.6) is 0 Å². The number of rotatable bonds is 5. The number of hydrogen-bond donors (Lipinski definition) is 1. The highest BCUT2D eigenvalue weighted by Gasteiger charge is 2.11. The third kappa shape index (κ3) is 3.74. The molecule has 0 aliphatic rings. The van der Waals surface area contributed by atoms with E-state index in [1.54, 1.807) is 30.1 Å². The first-order chi connectivity index (χ1) is 13.2. The summed E-state index contributed by atoms with van der Waals surface area (Å²) < 4.78 is 3.40. The Balaban J connectivity index is 1.52. The number of hydrogen-bond acceptors (Lipinski definition) is 5. The Hall–Kier alpha value is -3.81. The molecule has 0 fully saturated rings. The van der Waals surface area contributed by atoms with Crippen LogP contribution in [0.3, 0.4) is 0 Å². The molecule has 1 N–H and O–H groups in total. The van der Waals surface area contributed by atoms with Crippen LogP contribution in [0.4, 0.5) is 5.69 Å². The summed E-state index contributed by atoms with van der Waals surface area (Å²) in [7, 11) is 1.76. The number of carbonyl (C=O) groups excluding carboxylic acids is 1. The van der Waals surface area contributed by atoms with Crippen LogP contribution in [-0.4, -0.2) is 35.9 Å². The van der Waals surface area contributed by atoms with E-state index in [1.165, 1.54) is 0 Å². The topological polar surface area (TPSA) is 90.5 Å². The molecule has 0 saturated heterocycles. The highest BCUT2D eigenvalue weighted by Crippen LogP contribution is 2.18. The van der Waals surface area contributed by atoms with Crippen LogP contribution < -0.4 is 5.32 Å². The van der Waals surface area contributed by atoms with E-state index < -0.39 is 0 Å². The van der Waals surface area contributed by atoms with Crippen LogP contribution in [0.15, 0.2) is 67.0 Å². The highest BCUT2D eigenvalue weighted by molar-refractivity contribution is 6.04. The Morgan fingerprint density at radius 2 is 2.00 bits per heavy atom. The summed E-state index contributed by atoms with van der Waals surface area (Å²) in [5, 5.41) is 18.6. The van der Waals surface area contributed by atoms with Gasteiger partial charge in [-0.15, -0.1) is 5.10 Å². The van der Waals surface area contributed by atoms with Crippen molar-refractivity contribution < 1.29 is 4.79 Å². The fraction of sp³-hybridized carbons (Fsp3) is 0.105. The first-order valence-electron chi connectivity index (χ1n) is 8.39. The molecule has 2 heterocycles. The average Bonchev–Trinajstić information content (AvgIpc) is 3.34. The predicted molar refractivity (Wildman–Crippen MR) is 100.0 cm³/mol. The SMILES string of the molecule is Cn1nnnc1-c1cccc(C(=O)Nc2cccc(Cn3cccn3)c2)c1. The number of aryl methyl sites for hydroxylation is 1. The van der Waals surface area contributed by atoms with Gasteiger partial charge in [-0.1, -0.05) is 24.3 Å². The van der Waals surface area contributed by atoms with Gasteiger partial charge in [0.2, 0.25) is 0 Å². The standard InChI is InChI=1S/C19H17N7O/c1-25-18(22-23-24-25)15-6-3-7-16(12-15)19(27)21-17-8-2-5-14(11-17)13-26-10-4-9-20-26/h2-12H,13H2,1H3,(H,21,27). The maximum absolute atomic E-state index is 12.7. The largest absolute Gasteiger partial charge is 0.322 e. The number of nitrogens with zero attached hydrogens (tertiary/aromatic N) is 6. The normalized spacial score (nSPS) is 10.7. The molecule has 0 saturated carbocycles. The van der Waals surface area contributed by atoms with E-state index in [9.17, 15) is 4.79 Å². The zero-order chi connectivity index (χ0) is 18.6. The summed E-state index contributed by atoms with van der Waals surface area (Å²) in [5.41, 5.74) is 3.10. The smallest absolute Gasteiger partial charge is 0.255 e. The molecule has 2 aromatic carbocycles. The Morgan fingerprint density at radius 1 is 1.11 bits per heavy atom. The number of nitrogens with one attached hydrogen (secondary N) is 1. The second-order valence-electron chi connectivity index (χ2n) is 6.07. The van der Waals surface area contributed by atoms with E-state index in [-0.39, 0.29) is 5.91 Å². The average molecular weight is 359 g/mol. The van der Waals surface area contributed by atoms with E-state index in [0.717, 1.165) is 16.8 Å². The summed E-state index contributed by atoms with van der Waals surface area (Å²) in [6.45, 7) is 0.644. The minimum absolute atomic E-state index is 0.191. The Labute approximate surface area is 155 Å². The molecule has 4 rings (SSSR count). The van der Waals surface area contributed by atoms with Crippen LogP contribution >= 0.6 is 0 Å². The number of anilines is 1. The molecule has 0 aliphatic carbocycles. The van der Waals surface area contributed by atoms with Crippen molar-refractivity contribution in [2.24, 2.45) is 7.05 Å². The molecule has 4 aromatic rings. The maximum Gasteiger partial charge on any atom is 0.255 e. The molecule has 0 radical (unpaired) electrons. The number of aromatic nitrogens is 6. The van der Waals surface area contributed by atoms with Gasteiger partial charge in [0, 0.05) is 36.3 Å². The Morgan fingerprint density at radius 3 is 2.78 bits per heavy atom. The first kappa shape index (κ1) is 16.6. The molecule has 0 spiro atoms. The molecular formula is C19H17N7O. The lowest BCUT2D eigenvalue weighted by atomic mass is 10.1. The third-order valence-electron chi connectivity index (χ3n) is 4.09. The number of benzene rings is 2. The minimum Gasteiger partial charge on any atom is -0.322 e. The van der Waals surface area contributed by atoms with Gasteiger partial charge < -0.3 is 5.32 Å². The lowest BCUT2D eigenvalue weighted by molar-refractivity contribution is 0.102. The van der Waals surface area contributed by atoms with Crippen molar-refractivity contribution in [1.82, 2.24) is 30.0 Å². The van der Waals surface area contributed by atoms with Gasteiger partial charge in [0.15, 0.2) is 5.82 Å². The van der Waals surface area contributed by atoms with Crippen LogP contribution in [0.2, 0.25) is 0 Å². The quantitative estimate of drug-likeness (QED) is 0.591. The van der Waals surface area contributed by atoms with Crippen molar-refractivity contribution in [2.75, 3.05) is 5.32 Å². The molecule has 134 valence electrons. The molecular weight excluding hydrogens is 342 g/mol. The van der Waals surface area contributed by atoms with E-state index in [0.29, 0.717) is 17.9 Å². The Bertz CT molecular complexity index is 1070. The lowest BCUT2D eigenvalue weighted by Gasteiger charge is -2.09. The van der Waals surface area contributed by atoms with Gasteiger partial charge in [-0.3, -0.25) is 9.48 Å². The van der Waals surface area contributed by atoms with E-state index in [4.69, 9.17) is 0 Å². The second-order valence-corrected chi connectivity index (χ2v) is 6.07. The summed E-state index contributed by atoms with van der Waals surface area (Å²) in [4.78, 5) is 12.7. The van der Waals surface area contributed by atoms with Crippen LogP contribution in [-0.2, 0) is 13.6 Å². The highest BCUT2D eigenvalue weighted by atomic mass is 16.1. The van der Waals surface area contributed by atoms with Crippen molar-refractivity contribution in [3.05, 3.63) is 78.1 Å². The van der Waals surface area contributed by atoms with Crippen LogP contribution in [0, 0.1) is 0 Å². The van der Waals surface area contributed by atoms with Gasteiger partial charge in [0.25, 0.3) is 5.91 Å². The predicted octanol–water partition coefficient (Wildman–Crippen LogP) is 2.37. The molecule has 2 aromatic heterocycles. The number of tetrazole rings is 1. The molecule has 0 atom stereocenters. The summed E-state index contributed by atoms with van der Waals surface area (Å²) in [6, 6.07) is 16.8. The fourth-order valence-corrected chi connectivity index (χ4v) is 2.81. The van der Waals surface area contributed by atoms with Crippen molar-refractivity contribution in [3.63, 3.8) is 0 Å². The van der Waals surface area contributed by atoms with Crippen LogP contribution in [0.25, 0.3) is 11.4 Å². The van der Waals surface area contributed by atoms with Crippen molar-refractivity contribution in [1.29, 1.82) is 0 Å². The van der Waals surface area contributed by atoms with Crippen molar-refractivity contribution in [3.8, 4) is 11.4 Å². The summed E-state index contributed by atoms with van der Waals surface area (Å²) in [6.07, 6.45) is 3.64. The zero-order valence-corrected chi connectivity index (χ0v) is 14.6. The van der Waals surface area contributed by atoms with E-state index >= 15 is 0 Å². The molecule has 8 heteroatoms. The van der Waals surface area contributed by atoms with E-state index in [2.05, 4.69) is 25.9 Å². The van der Waals surface area contributed by atoms with Crippen molar-refractivity contribution >= 4 is 11.6 Å². The molecule has 0 unspecified atom stereocenters. The third-order valence-corrected chi connectivity index (χ3v) is 4.09. The number of carbonyl (C=O) groups is 1. The fourth-order valence-electron chi connectivity index (χ4n) is 2.81. The number of amides is 1. The second kappa shape index (κ2) is 7.20. The van der Waals surface area contributed by atoms with Gasteiger partial charge in [0.05, 0.1) is 6.54 Å². The zero-order valence-electron chi connectivity index (χ0n) is 14.6. The molecule has 8 nitrogen and oxygen atoms in total. The molecule has 0 aliphatic heterocycles. The van der Waals surface area contributed by atoms with Gasteiger partial charge >= 0.3 is 0 Å². The molecule has 0 bridgehead atoms. The van der Waals surface area contributed by atoms with Crippen molar-refractivity contribution in [2.45, 2.75) is 6.54 Å². The van der Waals surface area contributed by atoms with Gasteiger partial charge in [-0.25, -0.2) is 4.68 Å². The van der Waals surface area contributed by atoms with Gasteiger partial charge in [-0.2, -0.15) is 5.10 Å². The van der Waals surface area contributed by atoms with E-state index in [1.807, 2.05) is 53.3 Å². The summed E-state index contributed by atoms with van der Waals surface area (Å²) in [5.74, 6) is 0.411. The molecule has 1 amide bonds. The minimum atomic E-state index is -0.191. The first-order valence-corrected chi connectivity index (χ1v) is 8.39. The monoisotopic (exact) mass is 359 g/mol. The Kier molecular flexibility index (Phi) is 4.44. The van der Waals surface area contributed by atoms with Gasteiger partial charge in [0.1, 0.15) is 0 Å². The maximum atomic E-state index is 12.7.